The van der Waals surface area contributed by atoms with Crippen molar-refractivity contribution in [3.63, 3.8) is 0 Å². The molecular weight excluding hydrogens is 232 g/mol. The summed E-state index contributed by atoms with van der Waals surface area (Å²) in [5.74, 6) is -0.0571. The van der Waals surface area contributed by atoms with Gasteiger partial charge in [-0.25, -0.2) is 0 Å². The molecule has 0 amide bonds. The maximum absolute atomic E-state index is 11.0. The zero-order chi connectivity index (χ0) is 12.1. The van der Waals surface area contributed by atoms with Crippen LogP contribution in [0.2, 0.25) is 5.02 Å². The van der Waals surface area contributed by atoms with Crippen molar-refractivity contribution in [2.75, 3.05) is 14.2 Å². The first kappa shape index (κ1) is 12.8. The smallest absolute Gasteiger partial charge is 0.308 e. The number of hydrogen-bond donors (Lipinski definition) is 1. The van der Waals surface area contributed by atoms with Crippen molar-refractivity contribution < 1.29 is 19.4 Å². The van der Waals surface area contributed by atoms with Crippen LogP contribution in [0, 0.1) is 0 Å². The van der Waals surface area contributed by atoms with Gasteiger partial charge in [0.1, 0.15) is 5.75 Å². The summed E-state index contributed by atoms with van der Waals surface area (Å²) in [6, 6.07) is 5.00. The Morgan fingerprint density at radius 1 is 1.50 bits per heavy atom. The van der Waals surface area contributed by atoms with Gasteiger partial charge in [0.2, 0.25) is 0 Å². The van der Waals surface area contributed by atoms with Crippen LogP contribution in [0.5, 0.6) is 5.75 Å². The average molecular weight is 245 g/mol. The monoisotopic (exact) mass is 244 g/mol. The quantitative estimate of drug-likeness (QED) is 0.823. The Labute approximate surface area is 98.7 Å². The van der Waals surface area contributed by atoms with Gasteiger partial charge in [0.15, 0.2) is 0 Å². The number of ether oxygens (including phenoxy) is 2. The maximum atomic E-state index is 11.0. The van der Waals surface area contributed by atoms with Crippen molar-refractivity contribution in [1.29, 1.82) is 0 Å². The fourth-order valence-corrected chi connectivity index (χ4v) is 1.65. The highest BCUT2D eigenvalue weighted by Gasteiger charge is 2.20. The molecule has 1 aromatic carbocycles. The molecule has 0 unspecified atom stereocenters. The molecule has 0 heterocycles. The predicted octanol–water partition coefficient (Wildman–Crippen LogP) is 1.95. The fraction of sp³-hybridized carbons (Fsp3) is 0.364. The first-order valence-electron chi connectivity index (χ1n) is 4.67. The van der Waals surface area contributed by atoms with E-state index in [1.807, 2.05) is 0 Å². The molecule has 0 radical (unpaired) electrons. The van der Waals surface area contributed by atoms with E-state index in [1.54, 1.807) is 18.2 Å². The first-order chi connectivity index (χ1) is 7.60. The molecule has 1 aromatic rings. The lowest BCUT2D eigenvalue weighted by molar-refractivity contribution is -0.142. The van der Waals surface area contributed by atoms with Crippen LogP contribution in [0.1, 0.15) is 18.1 Å². The first-order valence-corrected chi connectivity index (χ1v) is 5.05. The number of aliphatic hydroxyl groups excluding tert-OH is 1. The SMILES string of the molecule is COC(=O)C[C@H](O)c1c(Cl)cccc1OC. The highest BCUT2D eigenvalue weighted by Crippen LogP contribution is 2.33. The predicted molar refractivity (Wildman–Crippen MR) is 59.6 cm³/mol. The number of aliphatic hydroxyl groups is 1. The van der Waals surface area contributed by atoms with Gasteiger partial charge in [0, 0.05) is 5.56 Å². The molecule has 0 aliphatic carbocycles. The van der Waals surface area contributed by atoms with Crippen molar-refractivity contribution >= 4 is 17.6 Å². The molecule has 4 nitrogen and oxygen atoms in total. The molecule has 0 saturated carbocycles. The van der Waals surface area contributed by atoms with Crippen LogP contribution in [0.25, 0.3) is 0 Å². The Morgan fingerprint density at radius 3 is 2.75 bits per heavy atom. The normalized spacial score (nSPS) is 12.0. The van der Waals surface area contributed by atoms with Gasteiger partial charge in [0.25, 0.3) is 0 Å². The van der Waals surface area contributed by atoms with Crippen molar-refractivity contribution in [1.82, 2.24) is 0 Å². The lowest BCUT2D eigenvalue weighted by Gasteiger charge is -2.15. The molecule has 88 valence electrons. The van der Waals surface area contributed by atoms with Crippen LogP contribution in [0.3, 0.4) is 0 Å². The van der Waals surface area contributed by atoms with Crippen LogP contribution in [0.4, 0.5) is 0 Å². The van der Waals surface area contributed by atoms with E-state index >= 15 is 0 Å². The zero-order valence-electron chi connectivity index (χ0n) is 9.07. The molecule has 1 rings (SSSR count). The van der Waals surface area contributed by atoms with E-state index in [2.05, 4.69) is 4.74 Å². The average Bonchev–Trinajstić information content (AvgIpc) is 2.28. The molecule has 0 bridgehead atoms. The van der Waals surface area contributed by atoms with Gasteiger partial charge in [-0.2, -0.15) is 0 Å². The molecule has 16 heavy (non-hydrogen) atoms. The highest BCUT2D eigenvalue weighted by molar-refractivity contribution is 6.31. The van der Waals surface area contributed by atoms with E-state index in [-0.39, 0.29) is 6.42 Å². The largest absolute Gasteiger partial charge is 0.496 e. The van der Waals surface area contributed by atoms with Crippen molar-refractivity contribution in [3.05, 3.63) is 28.8 Å². The minimum absolute atomic E-state index is 0.156. The number of hydrogen-bond acceptors (Lipinski definition) is 4. The van der Waals surface area contributed by atoms with Gasteiger partial charge >= 0.3 is 5.97 Å². The molecule has 1 N–H and O–H groups in total. The van der Waals surface area contributed by atoms with E-state index in [0.717, 1.165) is 0 Å². The second-order valence-electron chi connectivity index (χ2n) is 3.15. The Morgan fingerprint density at radius 2 is 2.19 bits per heavy atom. The Hall–Kier alpha value is -1.26. The van der Waals surface area contributed by atoms with Gasteiger partial charge in [0.05, 0.1) is 31.8 Å². The minimum atomic E-state index is -1.03. The molecule has 0 aromatic heterocycles. The van der Waals surface area contributed by atoms with Crippen molar-refractivity contribution in [2.24, 2.45) is 0 Å². The summed E-state index contributed by atoms with van der Waals surface area (Å²) in [6.45, 7) is 0. The topological polar surface area (TPSA) is 55.8 Å². The van der Waals surface area contributed by atoms with Crippen LogP contribution in [0.15, 0.2) is 18.2 Å². The summed E-state index contributed by atoms with van der Waals surface area (Å²) in [6.07, 6.45) is -1.19. The second kappa shape index (κ2) is 5.72. The van der Waals surface area contributed by atoms with Crippen LogP contribution in [-0.2, 0) is 9.53 Å². The molecule has 5 heteroatoms. The molecule has 0 aliphatic heterocycles. The van der Waals surface area contributed by atoms with Gasteiger partial charge in [-0.3, -0.25) is 4.79 Å². The fourth-order valence-electron chi connectivity index (χ4n) is 1.36. The Balaban J connectivity index is 2.97. The number of carbonyl (C=O) groups excluding carboxylic acids is 1. The zero-order valence-corrected chi connectivity index (χ0v) is 9.82. The lowest BCUT2D eigenvalue weighted by Crippen LogP contribution is -2.09. The molecule has 0 aliphatic rings. The minimum Gasteiger partial charge on any atom is -0.496 e. The standard InChI is InChI=1S/C11H13ClO4/c1-15-9-5-3-4-7(12)11(9)8(13)6-10(14)16-2/h3-5,8,13H,6H2,1-2H3/t8-/m0/s1. The van der Waals surface area contributed by atoms with E-state index in [1.165, 1.54) is 14.2 Å². The molecule has 0 saturated heterocycles. The number of esters is 1. The van der Waals surface area contributed by atoms with Crippen molar-refractivity contribution in [3.8, 4) is 5.75 Å². The number of benzene rings is 1. The number of carbonyl (C=O) groups is 1. The summed E-state index contributed by atoms with van der Waals surface area (Å²) >= 11 is 5.94. The van der Waals surface area contributed by atoms with E-state index in [4.69, 9.17) is 16.3 Å². The molecule has 0 spiro atoms. The van der Waals surface area contributed by atoms with E-state index in [0.29, 0.717) is 16.3 Å². The van der Waals surface area contributed by atoms with Crippen molar-refractivity contribution in [2.45, 2.75) is 12.5 Å². The third-order valence-corrected chi connectivity index (χ3v) is 2.48. The highest BCUT2D eigenvalue weighted by atomic mass is 35.5. The third kappa shape index (κ3) is 2.87. The Kier molecular flexibility index (Phi) is 4.58. The number of methoxy groups -OCH3 is 2. The van der Waals surface area contributed by atoms with E-state index in [9.17, 15) is 9.90 Å². The van der Waals surface area contributed by atoms with Crippen LogP contribution >= 0.6 is 11.6 Å². The maximum Gasteiger partial charge on any atom is 0.308 e. The lowest BCUT2D eigenvalue weighted by atomic mass is 10.1. The number of rotatable bonds is 4. The third-order valence-electron chi connectivity index (χ3n) is 2.15. The van der Waals surface area contributed by atoms with Gasteiger partial charge in [-0.1, -0.05) is 17.7 Å². The molecular formula is C11H13ClO4. The summed E-state index contributed by atoms with van der Waals surface area (Å²) in [5.41, 5.74) is 0.400. The van der Waals surface area contributed by atoms with Gasteiger partial charge < -0.3 is 14.6 Å². The summed E-state index contributed by atoms with van der Waals surface area (Å²) < 4.78 is 9.54. The van der Waals surface area contributed by atoms with Gasteiger partial charge in [-0.15, -0.1) is 0 Å². The number of halogens is 1. The second-order valence-corrected chi connectivity index (χ2v) is 3.56. The summed E-state index contributed by atoms with van der Waals surface area (Å²) in [5, 5.41) is 10.2. The van der Waals surface area contributed by atoms with Crippen LogP contribution < -0.4 is 4.74 Å². The van der Waals surface area contributed by atoms with Gasteiger partial charge in [-0.05, 0) is 12.1 Å². The summed E-state index contributed by atoms with van der Waals surface area (Å²) in [4.78, 5) is 11.0. The molecule has 1 atom stereocenters. The van der Waals surface area contributed by atoms with E-state index < -0.39 is 12.1 Å². The van der Waals surface area contributed by atoms with Crippen LogP contribution in [-0.4, -0.2) is 25.3 Å². The summed E-state index contributed by atoms with van der Waals surface area (Å²) in [7, 11) is 2.74. The molecule has 0 fully saturated rings. The Bertz CT molecular complexity index is 378.